The molecule has 1 aromatic carbocycles. The molecule has 2 aromatic rings. The van der Waals surface area contributed by atoms with Gasteiger partial charge in [0.1, 0.15) is 5.82 Å². The standard InChI is InChI=1S/C11H14FN5S/c12-9-4-1-2-5-10(9)18-8-11-14-15-16-17(11)7-3-6-13/h1-2,4-5H,3,6-8,13H2. The number of benzene rings is 1. The quantitative estimate of drug-likeness (QED) is 0.802. The van der Waals surface area contributed by atoms with Crippen molar-refractivity contribution in [2.24, 2.45) is 5.73 Å². The maximum Gasteiger partial charge on any atom is 0.161 e. The summed E-state index contributed by atoms with van der Waals surface area (Å²) < 4.78 is 15.1. The fourth-order valence-electron chi connectivity index (χ4n) is 1.45. The number of tetrazole rings is 1. The van der Waals surface area contributed by atoms with Gasteiger partial charge in [-0.25, -0.2) is 9.07 Å². The van der Waals surface area contributed by atoms with Crippen LogP contribution in [0.5, 0.6) is 0 Å². The molecule has 0 saturated heterocycles. The monoisotopic (exact) mass is 267 g/mol. The topological polar surface area (TPSA) is 69.6 Å². The molecule has 2 N–H and O–H groups in total. The lowest BCUT2D eigenvalue weighted by Gasteiger charge is -2.04. The van der Waals surface area contributed by atoms with Crippen molar-refractivity contribution in [1.82, 2.24) is 20.2 Å². The van der Waals surface area contributed by atoms with Gasteiger partial charge < -0.3 is 5.73 Å². The van der Waals surface area contributed by atoms with E-state index in [0.29, 0.717) is 23.7 Å². The van der Waals surface area contributed by atoms with Crippen molar-refractivity contribution in [3.8, 4) is 0 Å². The highest BCUT2D eigenvalue weighted by atomic mass is 32.2. The van der Waals surface area contributed by atoms with Gasteiger partial charge in [0.25, 0.3) is 0 Å². The van der Waals surface area contributed by atoms with E-state index in [1.807, 2.05) is 6.07 Å². The van der Waals surface area contributed by atoms with Gasteiger partial charge in [0.2, 0.25) is 0 Å². The molecule has 0 fully saturated rings. The minimum Gasteiger partial charge on any atom is -0.330 e. The predicted molar refractivity (Wildman–Crippen MR) is 67.4 cm³/mol. The van der Waals surface area contributed by atoms with Gasteiger partial charge >= 0.3 is 0 Å². The molecule has 1 aromatic heterocycles. The molecule has 0 unspecified atom stereocenters. The number of hydrogen-bond donors (Lipinski definition) is 1. The van der Waals surface area contributed by atoms with E-state index < -0.39 is 0 Å². The second kappa shape index (κ2) is 6.46. The van der Waals surface area contributed by atoms with Crippen LogP contribution in [0.3, 0.4) is 0 Å². The Hall–Kier alpha value is -1.47. The molecule has 1 heterocycles. The van der Waals surface area contributed by atoms with Gasteiger partial charge in [-0.05, 0) is 35.5 Å². The van der Waals surface area contributed by atoms with Crippen molar-refractivity contribution in [3.63, 3.8) is 0 Å². The van der Waals surface area contributed by atoms with Gasteiger partial charge in [-0.15, -0.1) is 16.9 Å². The Morgan fingerprint density at radius 1 is 1.33 bits per heavy atom. The molecular weight excluding hydrogens is 253 g/mol. The summed E-state index contributed by atoms with van der Waals surface area (Å²) in [6, 6.07) is 6.67. The average Bonchev–Trinajstić information content (AvgIpc) is 2.83. The summed E-state index contributed by atoms with van der Waals surface area (Å²) in [6.45, 7) is 1.29. The molecule has 0 aliphatic carbocycles. The molecule has 18 heavy (non-hydrogen) atoms. The van der Waals surface area contributed by atoms with Crippen LogP contribution < -0.4 is 5.73 Å². The van der Waals surface area contributed by atoms with E-state index in [4.69, 9.17) is 5.73 Å². The molecule has 0 amide bonds. The van der Waals surface area contributed by atoms with Gasteiger partial charge in [0.15, 0.2) is 5.82 Å². The van der Waals surface area contributed by atoms with Crippen molar-refractivity contribution in [2.45, 2.75) is 23.6 Å². The summed E-state index contributed by atoms with van der Waals surface area (Å²) >= 11 is 1.38. The van der Waals surface area contributed by atoms with Crippen molar-refractivity contribution >= 4 is 11.8 Å². The number of halogens is 1. The van der Waals surface area contributed by atoms with Crippen LogP contribution in [0.2, 0.25) is 0 Å². The van der Waals surface area contributed by atoms with Gasteiger partial charge in [0.05, 0.1) is 5.75 Å². The van der Waals surface area contributed by atoms with Crippen LogP contribution in [-0.4, -0.2) is 26.8 Å². The van der Waals surface area contributed by atoms with E-state index in [0.717, 1.165) is 12.2 Å². The van der Waals surface area contributed by atoms with Gasteiger partial charge in [0, 0.05) is 11.4 Å². The second-order valence-corrected chi connectivity index (χ2v) is 4.70. The third-order valence-corrected chi connectivity index (χ3v) is 3.42. The van der Waals surface area contributed by atoms with Crippen LogP contribution >= 0.6 is 11.8 Å². The molecule has 2 rings (SSSR count). The Labute approximate surface area is 109 Å². The lowest BCUT2D eigenvalue weighted by atomic mass is 10.3. The molecule has 0 atom stereocenters. The first-order chi connectivity index (χ1) is 8.81. The van der Waals surface area contributed by atoms with Crippen LogP contribution in [0.15, 0.2) is 29.2 Å². The largest absolute Gasteiger partial charge is 0.330 e. The molecule has 0 spiro atoms. The van der Waals surface area contributed by atoms with E-state index >= 15 is 0 Å². The fourth-order valence-corrected chi connectivity index (χ4v) is 2.32. The van der Waals surface area contributed by atoms with Crippen LogP contribution in [0.1, 0.15) is 12.2 Å². The van der Waals surface area contributed by atoms with Crippen molar-refractivity contribution < 1.29 is 4.39 Å². The fraction of sp³-hybridized carbons (Fsp3) is 0.364. The normalized spacial score (nSPS) is 10.8. The summed E-state index contributed by atoms with van der Waals surface area (Å²) in [7, 11) is 0. The number of rotatable bonds is 6. The zero-order valence-corrected chi connectivity index (χ0v) is 10.6. The highest BCUT2D eigenvalue weighted by molar-refractivity contribution is 7.98. The number of nitrogens with zero attached hydrogens (tertiary/aromatic N) is 4. The van der Waals surface area contributed by atoms with Crippen molar-refractivity contribution in [1.29, 1.82) is 0 Å². The SMILES string of the molecule is NCCCn1nnnc1CSc1ccccc1F. The molecule has 96 valence electrons. The molecule has 0 radical (unpaired) electrons. The van der Waals surface area contributed by atoms with Gasteiger partial charge in [-0.1, -0.05) is 12.1 Å². The third-order valence-electron chi connectivity index (χ3n) is 2.37. The molecule has 5 nitrogen and oxygen atoms in total. The van der Waals surface area contributed by atoms with E-state index in [1.54, 1.807) is 16.8 Å². The Morgan fingerprint density at radius 3 is 2.94 bits per heavy atom. The molecule has 0 bridgehead atoms. The summed E-state index contributed by atoms with van der Waals surface area (Å²) in [5.41, 5.74) is 5.44. The lowest BCUT2D eigenvalue weighted by Crippen LogP contribution is -2.09. The summed E-state index contributed by atoms with van der Waals surface area (Å²) in [6.07, 6.45) is 0.822. The maximum absolute atomic E-state index is 13.4. The highest BCUT2D eigenvalue weighted by Crippen LogP contribution is 2.24. The minimum absolute atomic E-state index is 0.219. The molecule has 7 heteroatoms. The number of hydrogen-bond acceptors (Lipinski definition) is 5. The first kappa shape index (κ1) is 13.0. The summed E-state index contributed by atoms with van der Waals surface area (Å²) in [5, 5.41) is 11.4. The van der Waals surface area contributed by atoms with Gasteiger partial charge in [-0.2, -0.15) is 0 Å². The molecule has 0 aliphatic heterocycles. The first-order valence-electron chi connectivity index (χ1n) is 5.63. The average molecular weight is 267 g/mol. The van der Waals surface area contributed by atoms with E-state index in [-0.39, 0.29) is 5.82 Å². The second-order valence-electron chi connectivity index (χ2n) is 3.68. The van der Waals surface area contributed by atoms with Crippen LogP contribution in [0.4, 0.5) is 4.39 Å². The number of aryl methyl sites for hydroxylation is 1. The zero-order chi connectivity index (χ0) is 12.8. The Balaban J connectivity index is 1.98. The van der Waals surface area contributed by atoms with E-state index in [9.17, 15) is 4.39 Å². The minimum atomic E-state index is -0.219. The number of thioether (sulfide) groups is 1. The Kier molecular flexibility index (Phi) is 4.66. The summed E-state index contributed by atoms with van der Waals surface area (Å²) in [4.78, 5) is 0.603. The zero-order valence-electron chi connectivity index (χ0n) is 9.79. The third kappa shape index (κ3) is 3.27. The summed E-state index contributed by atoms with van der Waals surface area (Å²) in [5.74, 6) is 1.05. The first-order valence-corrected chi connectivity index (χ1v) is 6.62. The lowest BCUT2D eigenvalue weighted by molar-refractivity contribution is 0.550. The van der Waals surface area contributed by atoms with Crippen LogP contribution in [0.25, 0.3) is 0 Å². The van der Waals surface area contributed by atoms with Crippen molar-refractivity contribution in [2.75, 3.05) is 6.54 Å². The van der Waals surface area contributed by atoms with E-state index in [1.165, 1.54) is 17.8 Å². The van der Waals surface area contributed by atoms with Crippen LogP contribution in [0, 0.1) is 5.82 Å². The highest BCUT2D eigenvalue weighted by Gasteiger charge is 2.08. The Morgan fingerprint density at radius 2 is 2.17 bits per heavy atom. The molecular formula is C11H14FN5S. The molecule has 0 aliphatic rings. The number of aromatic nitrogens is 4. The predicted octanol–water partition coefficient (Wildman–Crippen LogP) is 1.45. The van der Waals surface area contributed by atoms with Gasteiger partial charge in [-0.3, -0.25) is 0 Å². The van der Waals surface area contributed by atoms with Crippen molar-refractivity contribution in [3.05, 3.63) is 35.9 Å². The van der Waals surface area contributed by atoms with E-state index in [2.05, 4.69) is 15.5 Å². The number of nitrogens with two attached hydrogens (primary N) is 1. The maximum atomic E-state index is 13.4. The Bertz CT molecular complexity index is 502. The smallest absolute Gasteiger partial charge is 0.161 e. The molecule has 0 saturated carbocycles. The van der Waals surface area contributed by atoms with Crippen LogP contribution in [-0.2, 0) is 12.3 Å².